The average molecular weight is 172 g/mol. The maximum absolute atomic E-state index is 10.8. The number of carbonyl (C=O) groups is 1. The highest BCUT2D eigenvalue weighted by Gasteiger charge is 2.58. The van der Waals surface area contributed by atoms with Gasteiger partial charge >= 0.3 is 0 Å². The van der Waals surface area contributed by atoms with Gasteiger partial charge in [0, 0.05) is 0 Å². The number of primary amides is 1. The van der Waals surface area contributed by atoms with Crippen molar-refractivity contribution in [3.05, 3.63) is 0 Å². The molecular weight excluding hydrogens is 160 g/mol. The van der Waals surface area contributed by atoms with E-state index in [2.05, 4.69) is 0 Å². The summed E-state index contributed by atoms with van der Waals surface area (Å²) in [5.41, 5.74) is 10.6. The summed E-state index contributed by atoms with van der Waals surface area (Å²) in [5.74, 6) is 2.00. The van der Waals surface area contributed by atoms with E-state index in [-0.39, 0.29) is 5.91 Å². The van der Waals surface area contributed by atoms with Gasteiger partial charge in [-0.15, -0.1) is 0 Å². The molecule has 1 aliphatic carbocycles. The third-order valence-corrected chi connectivity index (χ3v) is 4.32. The molecule has 0 aromatic heterocycles. The first-order valence-electron chi connectivity index (χ1n) is 3.73. The number of hydrogen-bond donors (Lipinski definition) is 2. The molecule has 4 N–H and O–H groups in total. The molecule has 0 unspecified atom stereocenters. The minimum Gasteiger partial charge on any atom is -0.368 e. The highest BCUT2D eigenvalue weighted by Crippen LogP contribution is 2.56. The van der Waals surface area contributed by atoms with Gasteiger partial charge in [0.05, 0.1) is 5.54 Å². The molecule has 1 saturated carbocycles. The molecule has 2 rings (SSSR count). The van der Waals surface area contributed by atoms with Crippen LogP contribution in [0.3, 0.4) is 0 Å². The van der Waals surface area contributed by atoms with Crippen molar-refractivity contribution in [3.8, 4) is 0 Å². The van der Waals surface area contributed by atoms with Crippen molar-refractivity contribution >= 4 is 17.7 Å². The first-order valence-corrected chi connectivity index (χ1v) is 4.88. The van der Waals surface area contributed by atoms with Crippen LogP contribution in [0.2, 0.25) is 0 Å². The fraction of sp³-hybridized carbons (Fsp3) is 0.857. The fourth-order valence-electron chi connectivity index (χ4n) is 2.06. The van der Waals surface area contributed by atoms with Crippen LogP contribution in [-0.2, 0) is 4.79 Å². The maximum Gasteiger partial charge on any atom is 0.237 e. The Labute approximate surface area is 69.9 Å². The minimum atomic E-state index is -0.666. The predicted octanol–water partition coefficient (Wildman–Crippen LogP) is -0.304. The molecule has 2 fully saturated rings. The van der Waals surface area contributed by atoms with Crippen LogP contribution in [0.25, 0.3) is 0 Å². The van der Waals surface area contributed by atoms with Crippen molar-refractivity contribution in [2.24, 2.45) is 16.9 Å². The molecule has 62 valence electrons. The van der Waals surface area contributed by atoms with Gasteiger partial charge in [-0.05, 0) is 29.8 Å². The molecule has 11 heavy (non-hydrogen) atoms. The molecule has 1 spiro atoms. The molecule has 0 atom stereocenters. The van der Waals surface area contributed by atoms with Gasteiger partial charge in [-0.3, -0.25) is 4.79 Å². The van der Waals surface area contributed by atoms with Crippen molar-refractivity contribution < 1.29 is 4.79 Å². The topological polar surface area (TPSA) is 69.1 Å². The zero-order valence-electron chi connectivity index (χ0n) is 6.30. The normalized spacial score (nSPS) is 30.6. The van der Waals surface area contributed by atoms with Gasteiger partial charge in [0.2, 0.25) is 5.91 Å². The summed E-state index contributed by atoms with van der Waals surface area (Å²) in [7, 11) is 0. The lowest BCUT2D eigenvalue weighted by Crippen LogP contribution is -2.68. The lowest BCUT2D eigenvalue weighted by Gasteiger charge is -2.57. The number of hydrogen-bond acceptors (Lipinski definition) is 3. The first-order chi connectivity index (χ1) is 5.06. The number of thioether (sulfide) groups is 1. The Morgan fingerprint density at radius 2 is 1.91 bits per heavy atom. The quantitative estimate of drug-likeness (QED) is 0.570. The van der Waals surface area contributed by atoms with Crippen LogP contribution in [0, 0.1) is 5.41 Å². The van der Waals surface area contributed by atoms with E-state index in [1.54, 1.807) is 0 Å². The van der Waals surface area contributed by atoms with Crippen molar-refractivity contribution in [1.29, 1.82) is 0 Å². The largest absolute Gasteiger partial charge is 0.368 e. The Bertz CT molecular complexity index is 204. The standard InChI is InChI=1S/C7H12N2OS/c8-5(10)7(9)1-6(2-7)3-11-4-6/h1-4,9H2,(H2,8,10). The highest BCUT2D eigenvalue weighted by molar-refractivity contribution is 8.00. The van der Waals surface area contributed by atoms with E-state index in [0.29, 0.717) is 5.41 Å². The second kappa shape index (κ2) is 1.93. The highest BCUT2D eigenvalue weighted by atomic mass is 32.2. The average Bonchev–Trinajstić information content (AvgIpc) is 1.75. The second-order valence-electron chi connectivity index (χ2n) is 3.87. The lowest BCUT2D eigenvalue weighted by molar-refractivity contribution is -0.130. The van der Waals surface area contributed by atoms with Crippen molar-refractivity contribution in [2.75, 3.05) is 11.5 Å². The van der Waals surface area contributed by atoms with Gasteiger partial charge in [-0.25, -0.2) is 0 Å². The molecule has 3 nitrogen and oxygen atoms in total. The Kier molecular flexibility index (Phi) is 1.30. The van der Waals surface area contributed by atoms with Gasteiger partial charge in [-0.2, -0.15) is 11.8 Å². The van der Waals surface area contributed by atoms with Gasteiger partial charge < -0.3 is 11.5 Å². The van der Waals surface area contributed by atoms with E-state index in [4.69, 9.17) is 11.5 Å². The molecule has 0 bridgehead atoms. The molecule has 4 heteroatoms. The Hall–Kier alpha value is -0.220. The predicted molar refractivity (Wildman–Crippen MR) is 45.1 cm³/mol. The summed E-state index contributed by atoms with van der Waals surface area (Å²) in [6.45, 7) is 0. The minimum absolute atomic E-state index is 0.333. The molecule has 0 aromatic rings. The van der Waals surface area contributed by atoms with Crippen LogP contribution in [0.15, 0.2) is 0 Å². The molecule has 1 amide bonds. The van der Waals surface area contributed by atoms with Crippen LogP contribution in [0.1, 0.15) is 12.8 Å². The molecule has 1 aliphatic heterocycles. The molecule has 0 aromatic carbocycles. The molecule has 1 heterocycles. The third kappa shape index (κ3) is 0.891. The maximum atomic E-state index is 10.8. The van der Waals surface area contributed by atoms with Gasteiger partial charge in [0.15, 0.2) is 0 Å². The summed E-state index contributed by atoms with van der Waals surface area (Å²) >= 11 is 1.92. The Morgan fingerprint density at radius 3 is 2.18 bits per heavy atom. The zero-order valence-corrected chi connectivity index (χ0v) is 7.12. The first kappa shape index (κ1) is 7.43. The van der Waals surface area contributed by atoms with Crippen LogP contribution in [-0.4, -0.2) is 23.0 Å². The van der Waals surface area contributed by atoms with Crippen LogP contribution in [0.5, 0.6) is 0 Å². The van der Waals surface area contributed by atoms with E-state index in [0.717, 1.165) is 12.8 Å². The van der Waals surface area contributed by atoms with E-state index >= 15 is 0 Å². The van der Waals surface area contributed by atoms with Crippen molar-refractivity contribution in [3.63, 3.8) is 0 Å². The molecular formula is C7H12N2OS. The molecule has 1 saturated heterocycles. The summed E-state index contributed by atoms with van der Waals surface area (Å²) in [6.07, 6.45) is 1.62. The smallest absolute Gasteiger partial charge is 0.237 e. The van der Waals surface area contributed by atoms with Gasteiger partial charge in [0.1, 0.15) is 0 Å². The Morgan fingerprint density at radius 1 is 1.36 bits per heavy atom. The summed E-state index contributed by atoms with van der Waals surface area (Å²) in [5, 5.41) is 0. The molecule has 0 radical (unpaired) electrons. The van der Waals surface area contributed by atoms with Crippen LogP contribution in [0.4, 0.5) is 0 Å². The SMILES string of the molecule is NC(=O)C1(N)CC2(CSC2)C1. The summed E-state index contributed by atoms with van der Waals surface area (Å²) in [6, 6.07) is 0. The number of rotatable bonds is 1. The molecule has 2 aliphatic rings. The van der Waals surface area contributed by atoms with E-state index < -0.39 is 5.54 Å². The van der Waals surface area contributed by atoms with Crippen LogP contribution < -0.4 is 11.5 Å². The van der Waals surface area contributed by atoms with E-state index in [1.807, 2.05) is 11.8 Å². The van der Waals surface area contributed by atoms with Crippen molar-refractivity contribution in [2.45, 2.75) is 18.4 Å². The van der Waals surface area contributed by atoms with E-state index in [1.165, 1.54) is 11.5 Å². The van der Waals surface area contributed by atoms with Gasteiger partial charge in [-0.1, -0.05) is 0 Å². The van der Waals surface area contributed by atoms with Gasteiger partial charge in [0.25, 0.3) is 0 Å². The Balaban J connectivity index is 2.00. The lowest BCUT2D eigenvalue weighted by atomic mass is 9.59. The second-order valence-corrected chi connectivity index (χ2v) is 4.85. The summed E-state index contributed by atoms with van der Waals surface area (Å²) < 4.78 is 0. The van der Waals surface area contributed by atoms with Crippen LogP contribution >= 0.6 is 11.8 Å². The number of nitrogens with two attached hydrogens (primary N) is 2. The monoisotopic (exact) mass is 172 g/mol. The zero-order chi connectivity index (χ0) is 8.11. The van der Waals surface area contributed by atoms with E-state index in [9.17, 15) is 4.79 Å². The summed E-state index contributed by atoms with van der Waals surface area (Å²) in [4.78, 5) is 10.8. The number of carbonyl (C=O) groups excluding carboxylic acids is 1. The number of amides is 1. The van der Waals surface area contributed by atoms with Crippen molar-refractivity contribution in [1.82, 2.24) is 0 Å². The third-order valence-electron chi connectivity index (χ3n) is 2.69. The fourth-order valence-corrected chi connectivity index (χ4v) is 3.25.